The highest BCUT2D eigenvalue weighted by molar-refractivity contribution is 7.92. The molecule has 0 aromatic heterocycles. The van der Waals surface area contributed by atoms with Crippen LogP contribution in [-0.4, -0.2) is 26.0 Å². The normalized spacial score (nSPS) is 14.6. The summed E-state index contributed by atoms with van der Waals surface area (Å²) in [5.74, 6) is 0.710. The maximum Gasteiger partial charge on any atom is 0.269 e. The Balaban J connectivity index is 1.84. The van der Waals surface area contributed by atoms with Crippen LogP contribution >= 0.6 is 0 Å². The molecule has 0 amide bonds. The fourth-order valence-corrected chi connectivity index (χ4v) is 4.65. The molecule has 0 saturated heterocycles. The highest BCUT2D eigenvalue weighted by Crippen LogP contribution is 2.29. The van der Waals surface area contributed by atoms with Gasteiger partial charge in [0.15, 0.2) is 0 Å². The Hall–Kier alpha value is -2.87. The largest absolute Gasteiger partial charge is 0.490 e. The summed E-state index contributed by atoms with van der Waals surface area (Å²) in [6, 6.07) is 11.7. The Morgan fingerprint density at radius 1 is 1.11 bits per heavy atom. The van der Waals surface area contributed by atoms with Crippen LogP contribution in [0.25, 0.3) is 0 Å². The van der Waals surface area contributed by atoms with Gasteiger partial charge in [-0.1, -0.05) is 6.08 Å². The van der Waals surface area contributed by atoms with E-state index in [1.54, 1.807) is 24.3 Å². The number of rotatable bonds is 8. The molecule has 8 heteroatoms. The maximum atomic E-state index is 13.0. The zero-order chi connectivity index (χ0) is 20.1. The van der Waals surface area contributed by atoms with Crippen molar-refractivity contribution in [3.8, 4) is 5.75 Å². The molecule has 0 spiro atoms. The van der Waals surface area contributed by atoms with Crippen molar-refractivity contribution in [2.45, 2.75) is 36.7 Å². The van der Waals surface area contributed by atoms with E-state index in [2.05, 4.69) is 6.58 Å². The van der Waals surface area contributed by atoms with E-state index in [0.29, 0.717) is 11.4 Å². The van der Waals surface area contributed by atoms with Gasteiger partial charge in [0, 0.05) is 12.1 Å². The van der Waals surface area contributed by atoms with Crippen molar-refractivity contribution < 1.29 is 18.1 Å². The molecule has 148 valence electrons. The third-order valence-corrected chi connectivity index (χ3v) is 6.47. The number of hydrogen-bond acceptors (Lipinski definition) is 5. The second-order valence-electron chi connectivity index (χ2n) is 6.59. The fraction of sp³-hybridized carbons (Fsp3) is 0.300. The minimum Gasteiger partial charge on any atom is -0.490 e. The lowest BCUT2D eigenvalue weighted by Gasteiger charge is -2.23. The first-order valence-electron chi connectivity index (χ1n) is 9.06. The van der Waals surface area contributed by atoms with Gasteiger partial charge in [-0.25, -0.2) is 8.42 Å². The Bertz CT molecular complexity index is 934. The topological polar surface area (TPSA) is 89.8 Å². The second kappa shape index (κ2) is 8.43. The summed E-state index contributed by atoms with van der Waals surface area (Å²) in [6.45, 7) is 3.71. The van der Waals surface area contributed by atoms with E-state index in [4.69, 9.17) is 4.74 Å². The summed E-state index contributed by atoms with van der Waals surface area (Å²) in [5.41, 5.74) is 0.305. The van der Waals surface area contributed by atoms with Crippen LogP contribution in [0.15, 0.2) is 66.1 Å². The van der Waals surface area contributed by atoms with E-state index in [1.807, 2.05) is 0 Å². The molecule has 28 heavy (non-hydrogen) atoms. The molecule has 0 N–H and O–H groups in total. The van der Waals surface area contributed by atoms with Crippen molar-refractivity contribution in [1.29, 1.82) is 0 Å². The van der Waals surface area contributed by atoms with Gasteiger partial charge in [-0.15, -0.1) is 6.58 Å². The molecular weight excluding hydrogens is 380 g/mol. The summed E-state index contributed by atoms with van der Waals surface area (Å²) < 4.78 is 33.2. The molecular formula is C20H22N2O5S. The lowest BCUT2D eigenvalue weighted by molar-refractivity contribution is -0.384. The molecule has 3 rings (SSSR count). The Morgan fingerprint density at radius 2 is 1.71 bits per heavy atom. The fourth-order valence-electron chi connectivity index (χ4n) is 3.22. The van der Waals surface area contributed by atoms with Gasteiger partial charge in [-0.05, 0) is 62.1 Å². The van der Waals surface area contributed by atoms with Crippen LogP contribution in [0.4, 0.5) is 11.4 Å². The van der Waals surface area contributed by atoms with E-state index in [9.17, 15) is 18.5 Å². The van der Waals surface area contributed by atoms with Crippen LogP contribution in [-0.2, 0) is 10.0 Å². The summed E-state index contributed by atoms with van der Waals surface area (Å²) in [4.78, 5) is 10.2. The number of anilines is 1. The molecule has 0 atom stereocenters. The van der Waals surface area contributed by atoms with E-state index in [0.717, 1.165) is 12.8 Å². The molecule has 1 fully saturated rings. The monoisotopic (exact) mass is 402 g/mol. The Kier molecular flexibility index (Phi) is 5.99. The number of sulfonamides is 1. The molecule has 0 bridgehead atoms. The van der Waals surface area contributed by atoms with Crippen LogP contribution < -0.4 is 9.04 Å². The Morgan fingerprint density at radius 3 is 2.25 bits per heavy atom. The molecule has 0 heterocycles. The first kappa shape index (κ1) is 19.9. The van der Waals surface area contributed by atoms with Gasteiger partial charge in [-0.3, -0.25) is 14.4 Å². The van der Waals surface area contributed by atoms with E-state index >= 15 is 0 Å². The van der Waals surface area contributed by atoms with Gasteiger partial charge in [0.2, 0.25) is 0 Å². The van der Waals surface area contributed by atoms with Crippen molar-refractivity contribution in [2.24, 2.45) is 0 Å². The highest BCUT2D eigenvalue weighted by Gasteiger charge is 2.25. The SMILES string of the molecule is C=CCN(c1ccc(OC2CCCC2)cc1)S(=O)(=O)c1ccc([N+](=O)[O-])cc1. The molecule has 2 aromatic rings. The molecule has 1 aliphatic rings. The zero-order valence-electron chi connectivity index (χ0n) is 15.4. The van der Waals surface area contributed by atoms with Crippen LogP contribution in [0.1, 0.15) is 25.7 Å². The van der Waals surface area contributed by atoms with Crippen molar-refractivity contribution in [3.63, 3.8) is 0 Å². The average molecular weight is 402 g/mol. The standard InChI is InChI=1S/C20H22N2O5S/c1-2-15-21(28(25,26)20-13-9-17(10-14-20)22(23)24)16-7-11-19(12-8-16)27-18-5-3-4-6-18/h2,7-14,18H,1,3-6,15H2. The Labute approximate surface area is 164 Å². The number of non-ortho nitro benzene ring substituents is 1. The van der Waals surface area contributed by atoms with E-state index in [-0.39, 0.29) is 23.2 Å². The van der Waals surface area contributed by atoms with Gasteiger partial charge < -0.3 is 4.74 Å². The second-order valence-corrected chi connectivity index (χ2v) is 8.46. The molecule has 2 aromatic carbocycles. The molecule has 1 aliphatic carbocycles. The summed E-state index contributed by atoms with van der Waals surface area (Å²) in [6.07, 6.45) is 6.13. The lowest BCUT2D eigenvalue weighted by Crippen LogP contribution is -2.31. The van der Waals surface area contributed by atoms with Gasteiger partial charge in [0.1, 0.15) is 5.75 Å². The summed E-state index contributed by atoms with van der Waals surface area (Å²) in [7, 11) is -3.90. The van der Waals surface area contributed by atoms with Crippen LogP contribution in [0.3, 0.4) is 0 Å². The number of ether oxygens (including phenoxy) is 1. The van der Waals surface area contributed by atoms with Gasteiger partial charge >= 0.3 is 0 Å². The van der Waals surface area contributed by atoms with Gasteiger partial charge in [0.25, 0.3) is 15.7 Å². The summed E-state index contributed by atoms with van der Waals surface area (Å²) >= 11 is 0. The molecule has 0 unspecified atom stereocenters. The quantitative estimate of drug-likeness (QED) is 0.373. The van der Waals surface area contributed by atoms with Crippen molar-refractivity contribution in [2.75, 3.05) is 10.8 Å². The first-order valence-corrected chi connectivity index (χ1v) is 10.5. The average Bonchev–Trinajstić information content (AvgIpc) is 3.20. The molecule has 0 radical (unpaired) electrons. The third kappa shape index (κ3) is 4.33. The molecule has 7 nitrogen and oxygen atoms in total. The van der Waals surface area contributed by atoms with Gasteiger partial charge in [-0.2, -0.15) is 0 Å². The van der Waals surface area contributed by atoms with Crippen molar-refractivity contribution >= 4 is 21.4 Å². The van der Waals surface area contributed by atoms with E-state index < -0.39 is 14.9 Å². The number of nitrogens with zero attached hydrogens (tertiary/aromatic N) is 2. The van der Waals surface area contributed by atoms with Crippen molar-refractivity contribution in [3.05, 3.63) is 71.3 Å². The molecule has 1 saturated carbocycles. The predicted octanol–water partition coefficient (Wildman–Crippen LogP) is 4.30. The van der Waals surface area contributed by atoms with Crippen LogP contribution in [0.5, 0.6) is 5.75 Å². The lowest BCUT2D eigenvalue weighted by atomic mass is 10.2. The smallest absolute Gasteiger partial charge is 0.269 e. The minimum atomic E-state index is -3.90. The number of nitro groups is 1. The van der Waals surface area contributed by atoms with E-state index in [1.165, 1.54) is 47.5 Å². The summed E-state index contributed by atoms with van der Waals surface area (Å²) in [5, 5.41) is 10.8. The van der Waals surface area contributed by atoms with Crippen LogP contribution in [0, 0.1) is 10.1 Å². The van der Waals surface area contributed by atoms with Crippen LogP contribution in [0.2, 0.25) is 0 Å². The maximum absolute atomic E-state index is 13.0. The predicted molar refractivity (Wildman–Crippen MR) is 107 cm³/mol. The molecule has 0 aliphatic heterocycles. The third-order valence-electron chi connectivity index (χ3n) is 4.66. The number of benzene rings is 2. The number of nitro benzene ring substituents is 1. The van der Waals surface area contributed by atoms with Gasteiger partial charge in [0.05, 0.1) is 28.2 Å². The zero-order valence-corrected chi connectivity index (χ0v) is 16.2. The minimum absolute atomic E-state index is 0.0220. The van der Waals surface area contributed by atoms with Crippen molar-refractivity contribution in [1.82, 2.24) is 0 Å². The number of hydrogen-bond donors (Lipinski definition) is 0. The highest BCUT2D eigenvalue weighted by atomic mass is 32.2. The first-order chi connectivity index (χ1) is 13.4.